The molecule has 0 unspecified atom stereocenters. The third kappa shape index (κ3) is 2.73. The van der Waals surface area contributed by atoms with Gasteiger partial charge in [-0.15, -0.1) is 5.10 Å². The number of hydrogen-bond donors (Lipinski definition) is 0. The molecule has 0 spiro atoms. The van der Waals surface area contributed by atoms with Crippen molar-refractivity contribution in [3.05, 3.63) is 47.0 Å². The van der Waals surface area contributed by atoms with E-state index < -0.39 is 0 Å². The Morgan fingerprint density at radius 1 is 1.32 bits per heavy atom. The Hall–Kier alpha value is -2.58. The predicted molar refractivity (Wildman–Crippen MR) is 97.5 cm³/mol. The van der Waals surface area contributed by atoms with Crippen molar-refractivity contribution in [2.75, 3.05) is 11.4 Å². The van der Waals surface area contributed by atoms with Crippen molar-refractivity contribution in [2.45, 2.75) is 13.8 Å². The van der Waals surface area contributed by atoms with Crippen molar-refractivity contribution in [2.24, 2.45) is 0 Å². The van der Waals surface area contributed by atoms with Crippen LogP contribution in [-0.2, 0) is 0 Å². The summed E-state index contributed by atoms with van der Waals surface area (Å²) in [4.78, 5) is 27.4. The highest BCUT2D eigenvalue weighted by Gasteiger charge is 2.24. The number of anilines is 1. The Morgan fingerprint density at radius 3 is 2.92 bits per heavy atom. The van der Waals surface area contributed by atoms with Gasteiger partial charge >= 0.3 is 0 Å². The number of hydrogen-bond acceptors (Lipinski definition) is 6. The zero-order chi connectivity index (χ0) is 17.6. The number of thiazole rings is 1. The first-order valence-electron chi connectivity index (χ1n) is 7.63. The van der Waals surface area contributed by atoms with Crippen molar-refractivity contribution in [3.63, 3.8) is 0 Å². The van der Waals surface area contributed by atoms with Crippen molar-refractivity contribution in [1.82, 2.24) is 24.6 Å². The van der Waals surface area contributed by atoms with Gasteiger partial charge in [0.2, 0.25) is 5.82 Å². The number of carbonyl (C=O) groups is 1. The summed E-state index contributed by atoms with van der Waals surface area (Å²) >= 11 is 7.44. The van der Waals surface area contributed by atoms with Crippen LogP contribution in [0.1, 0.15) is 23.2 Å². The van der Waals surface area contributed by atoms with Gasteiger partial charge < -0.3 is 0 Å². The molecule has 3 heterocycles. The molecule has 0 N–H and O–H groups in total. The lowest BCUT2D eigenvalue weighted by molar-refractivity contribution is 0.0978. The summed E-state index contributed by atoms with van der Waals surface area (Å²) in [6.45, 7) is 4.22. The SMILES string of the molecule is CCN(C(=O)c1nc2nccc(C)n2n1)c1nc2cc(Cl)ccc2s1. The Morgan fingerprint density at radius 2 is 2.16 bits per heavy atom. The standard InChI is InChI=1S/C16H13ClN6OS/c1-3-22(16-19-11-8-10(17)4-5-12(11)25-16)14(24)13-20-15-18-7-6-9(2)23(15)21-13/h4-8H,3H2,1-2H3. The van der Waals surface area contributed by atoms with E-state index in [-0.39, 0.29) is 11.7 Å². The van der Waals surface area contributed by atoms with Crippen LogP contribution in [0.2, 0.25) is 5.02 Å². The van der Waals surface area contributed by atoms with Crippen LogP contribution in [0.4, 0.5) is 5.13 Å². The van der Waals surface area contributed by atoms with Crippen LogP contribution < -0.4 is 4.90 Å². The summed E-state index contributed by atoms with van der Waals surface area (Å²) in [7, 11) is 0. The number of aryl methyl sites for hydroxylation is 1. The molecule has 0 aliphatic carbocycles. The van der Waals surface area contributed by atoms with Gasteiger partial charge in [-0.25, -0.2) is 14.5 Å². The van der Waals surface area contributed by atoms with E-state index in [9.17, 15) is 4.79 Å². The number of carbonyl (C=O) groups excluding carboxylic acids is 1. The Labute approximate surface area is 151 Å². The average Bonchev–Trinajstić information content (AvgIpc) is 3.19. The summed E-state index contributed by atoms with van der Waals surface area (Å²) in [5.74, 6) is 0.189. The molecule has 25 heavy (non-hydrogen) atoms. The van der Waals surface area contributed by atoms with Crippen LogP contribution in [-0.4, -0.2) is 37.0 Å². The molecule has 0 fully saturated rings. The zero-order valence-electron chi connectivity index (χ0n) is 13.5. The van der Waals surface area contributed by atoms with E-state index in [4.69, 9.17) is 11.6 Å². The molecule has 1 aromatic carbocycles. The molecule has 4 aromatic rings. The lowest BCUT2D eigenvalue weighted by Gasteiger charge is -2.15. The van der Waals surface area contributed by atoms with Crippen molar-refractivity contribution >= 4 is 50.0 Å². The van der Waals surface area contributed by atoms with Crippen LogP contribution in [0.15, 0.2) is 30.5 Å². The molecule has 0 aliphatic heterocycles. The second-order valence-corrected chi connectivity index (χ2v) is 6.84. The Bertz CT molecular complexity index is 1100. The molecule has 1 amide bonds. The van der Waals surface area contributed by atoms with Gasteiger partial charge in [0.05, 0.1) is 10.2 Å². The molecule has 0 aliphatic rings. The minimum absolute atomic E-state index is 0.0981. The fourth-order valence-corrected chi connectivity index (χ4v) is 3.66. The highest BCUT2D eigenvalue weighted by Crippen LogP contribution is 2.31. The maximum Gasteiger partial charge on any atom is 0.299 e. The topological polar surface area (TPSA) is 76.3 Å². The number of amides is 1. The van der Waals surface area contributed by atoms with E-state index in [0.29, 0.717) is 22.5 Å². The van der Waals surface area contributed by atoms with Crippen LogP contribution in [0.5, 0.6) is 0 Å². The fraction of sp³-hybridized carbons (Fsp3) is 0.188. The van der Waals surface area contributed by atoms with Gasteiger partial charge in [0.1, 0.15) is 0 Å². The second-order valence-electron chi connectivity index (χ2n) is 5.39. The third-order valence-electron chi connectivity index (χ3n) is 3.75. The van der Waals surface area contributed by atoms with Gasteiger partial charge in [-0.05, 0) is 38.1 Å². The van der Waals surface area contributed by atoms with Crippen LogP contribution in [0.3, 0.4) is 0 Å². The maximum atomic E-state index is 12.9. The van der Waals surface area contributed by atoms with Crippen LogP contribution in [0, 0.1) is 6.92 Å². The van der Waals surface area contributed by atoms with E-state index in [1.54, 1.807) is 21.7 Å². The van der Waals surface area contributed by atoms with Crippen molar-refractivity contribution in [1.29, 1.82) is 0 Å². The molecule has 0 bridgehead atoms. The van der Waals surface area contributed by atoms with E-state index in [2.05, 4.69) is 20.1 Å². The van der Waals surface area contributed by atoms with Crippen LogP contribution >= 0.6 is 22.9 Å². The molecular formula is C16H13ClN6OS. The highest BCUT2D eigenvalue weighted by atomic mass is 35.5. The Kier molecular flexibility index (Phi) is 3.85. The van der Waals surface area contributed by atoms with Gasteiger partial charge in [0.15, 0.2) is 5.13 Å². The van der Waals surface area contributed by atoms with Gasteiger partial charge in [-0.2, -0.15) is 4.98 Å². The van der Waals surface area contributed by atoms with Gasteiger partial charge in [-0.3, -0.25) is 9.69 Å². The minimum Gasteiger partial charge on any atom is -0.281 e. The highest BCUT2D eigenvalue weighted by molar-refractivity contribution is 7.22. The first kappa shape index (κ1) is 15.9. The lowest BCUT2D eigenvalue weighted by atomic mass is 10.3. The van der Waals surface area contributed by atoms with Crippen molar-refractivity contribution in [3.8, 4) is 0 Å². The molecule has 0 saturated heterocycles. The molecule has 9 heteroatoms. The van der Waals surface area contributed by atoms with Gasteiger partial charge in [0, 0.05) is 23.5 Å². The zero-order valence-corrected chi connectivity index (χ0v) is 15.0. The van der Waals surface area contributed by atoms with E-state index in [1.807, 2.05) is 32.0 Å². The maximum absolute atomic E-state index is 12.9. The average molecular weight is 373 g/mol. The van der Waals surface area contributed by atoms with E-state index in [1.165, 1.54) is 11.3 Å². The number of aromatic nitrogens is 5. The summed E-state index contributed by atoms with van der Waals surface area (Å²) in [5, 5.41) is 5.49. The molecule has 0 radical (unpaired) electrons. The third-order valence-corrected chi connectivity index (χ3v) is 5.05. The number of nitrogens with zero attached hydrogens (tertiary/aromatic N) is 6. The van der Waals surface area contributed by atoms with E-state index in [0.717, 1.165) is 15.9 Å². The molecule has 7 nitrogen and oxygen atoms in total. The monoisotopic (exact) mass is 372 g/mol. The van der Waals surface area contributed by atoms with Gasteiger partial charge in [0.25, 0.3) is 11.7 Å². The fourth-order valence-electron chi connectivity index (χ4n) is 2.49. The quantitative estimate of drug-likeness (QED) is 0.551. The molecule has 0 saturated carbocycles. The predicted octanol–water partition coefficient (Wildman–Crippen LogP) is 3.36. The first-order chi connectivity index (χ1) is 12.1. The minimum atomic E-state index is -0.308. The summed E-state index contributed by atoms with van der Waals surface area (Å²) in [6.07, 6.45) is 1.64. The normalized spacial score (nSPS) is 11.3. The van der Waals surface area contributed by atoms with Crippen molar-refractivity contribution < 1.29 is 4.79 Å². The molecule has 126 valence electrons. The number of fused-ring (bicyclic) bond motifs is 2. The lowest BCUT2D eigenvalue weighted by Crippen LogP contribution is -2.31. The molecular weight excluding hydrogens is 360 g/mol. The largest absolute Gasteiger partial charge is 0.299 e. The van der Waals surface area contributed by atoms with Gasteiger partial charge in [-0.1, -0.05) is 22.9 Å². The second kappa shape index (κ2) is 6.05. The van der Waals surface area contributed by atoms with Crippen LogP contribution in [0.25, 0.3) is 16.0 Å². The summed E-state index contributed by atoms with van der Waals surface area (Å²) in [6, 6.07) is 7.30. The van der Waals surface area contributed by atoms with E-state index >= 15 is 0 Å². The first-order valence-corrected chi connectivity index (χ1v) is 8.82. The molecule has 0 atom stereocenters. The number of rotatable bonds is 3. The molecule has 3 aromatic heterocycles. The Balaban J connectivity index is 1.75. The number of benzene rings is 1. The number of halogens is 1. The molecule has 4 rings (SSSR count). The summed E-state index contributed by atoms with van der Waals surface area (Å²) < 4.78 is 2.52. The smallest absolute Gasteiger partial charge is 0.281 e. The summed E-state index contributed by atoms with van der Waals surface area (Å²) in [5.41, 5.74) is 1.62.